The molecule has 168 valence electrons. The molecule has 5 heteroatoms. The molecule has 3 aromatic carbocycles. The third kappa shape index (κ3) is 4.74. The summed E-state index contributed by atoms with van der Waals surface area (Å²) in [6, 6.07) is 23.4. The molecule has 4 rings (SSSR count). The molecular weight excluding hydrogens is 400 g/mol. The summed E-state index contributed by atoms with van der Waals surface area (Å²) < 4.78 is 17.0. The molecule has 5 nitrogen and oxygen atoms in total. The first-order chi connectivity index (χ1) is 15.7. The molecule has 3 aromatic rings. The highest BCUT2D eigenvalue weighted by Gasteiger charge is 2.28. The lowest BCUT2D eigenvalue weighted by Crippen LogP contribution is -2.33. The topological polar surface area (TPSA) is 43.0 Å². The van der Waals surface area contributed by atoms with Crippen molar-refractivity contribution in [3.63, 3.8) is 0 Å². The second-order valence-corrected chi connectivity index (χ2v) is 7.98. The van der Waals surface area contributed by atoms with Crippen molar-refractivity contribution in [3.8, 4) is 28.4 Å². The predicted octanol–water partition coefficient (Wildman–Crippen LogP) is 4.76. The van der Waals surface area contributed by atoms with Gasteiger partial charge in [-0.25, -0.2) is 0 Å². The third-order valence-corrected chi connectivity index (χ3v) is 6.10. The van der Waals surface area contributed by atoms with Crippen molar-refractivity contribution in [2.75, 3.05) is 47.5 Å². The van der Waals surface area contributed by atoms with E-state index >= 15 is 0 Å². The van der Waals surface area contributed by atoms with Crippen molar-refractivity contribution >= 4 is 0 Å². The van der Waals surface area contributed by atoms with Gasteiger partial charge in [-0.2, -0.15) is 0 Å². The van der Waals surface area contributed by atoms with Gasteiger partial charge < -0.3 is 19.5 Å². The molecule has 0 spiro atoms. The van der Waals surface area contributed by atoms with Crippen molar-refractivity contribution in [2.45, 2.75) is 12.5 Å². The number of methoxy groups -OCH3 is 3. The Morgan fingerprint density at radius 2 is 1.38 bits per heavy atom. The van der Waals surface area contributed by atoms with Crippen molar-refractivity contribution in [2.24, 2.45) is 0 Å². The molecule has 1 N–H and O–H groups in total. The number of benzene rings is 3. The number of hydrogen-bond acceptors (Lipinski definition) is 5. The molecule has 0 radical (unpaired) electrons. The highest BCUT2D eigenvalue weighted by molar-refractivity contribution is 5.64. The maximum Gasteiger partial charge on any atom is 0.164 e. The zero-order chi connectivity index (χ0) is 22.3. The lowest BCUT2D eigenvalue weighted by Gasteiger charge is -2.32. The van der Waals surface area contributed by atoms with E-state index in [4.69, 9.17) is 14.2 Å². The summed E-state index contributed by atoms with van der Waals surface area (Å²) in [6.45, 7) is 3.98. The van der Waals surface area contributed by atoms with E-state index in [1.807, 2.05) is 12.1 Å². The lowest BCUT2D eigenvalue weighted by molar-refractivity contribution is 0.235. The Labute approximate surface area is 190 Å². The average molecular weight is 433 g/mol. The Morgan fingerprint density at radius 1 is 0.719 bits per heavy atom. The Kier molecular flexibility index (Phi) is 7.30. The number of nitrogens with zero attached hydrogens (tertiary/aromatic N) is 1. The van der Waals surface area contributed by atoms with E-state index in [0.29, 0.717) is 11.5 Å². The molecule has 32 heavy (non-hydrogen) atoms. The second kappa shape index (κ2) is 10.5. The fourth-order valence-electron chi connectivity index (χ4n) is 4.47. The van der Waals surface area contributed by atoms with E-state index in [1.54, 1.807) is 21.3 Å². The van der Waals surface area contributed by atoms with Gasteiger partial charge in [0.1, 0.15) is 5.75 Å². The van der Waals surface area contributed by atoms with Crippen molar-refractivity contribution in [1.82, 2.24) is 10.2 Å². The molecule has 0 amide bonds. The minimum absolute atomic E-state index is 0.0504. The summed E-state index contributed by atoms with van der Waals surface area (Å²) in [6.07, 6.45) is 1.11. The number of hydrogen-bond donors (Lipinski definition) is 1. The molecule has 1 saturated heterocycles. The number of ether oxygens (including phenoxy) is 3. The number of nitrogens with one attached hydrogen (secondary N) is 1. The summed E-state index contributed by atoms with van der Waals surface area (Å²) in [5.74, 6) is 2.18. The highest BCUT2D eigenvalue weighted by atomic mass is 16.5. The first-order valence-corrected chi connectivity index (χ1v) is 11.1. The number of rotatable bonds is 7. The SMILES string of the molecule is COc1cc(OC)c(C(c2ccc(-c3ccccc3)cc2)N2CCCNCC2)cc1OC. The first-order valence-electron chi connectivity index (χ1n) is 11.1. The van der Waals surface area contributed by atoms with Gasteiger partial charge in [0.25, 0.3) is 0 Å². The van der Waals surface area contributed by atoms with Gasteiger partial charge in [-0.1, -0.05) is 54.6 Å². The van der Waals surface area contributed by atoms with Crippen LogP contribution in [0.15, 0.2) is 66.7 Å². The van der Waals surface area contributed by atoms with Crippen LogP contribution in [0.1, 0.15) is 23.6 Å². The summed E-state index contributed by atoms with van der Waals surface area (Å²) in [7, 11) is 5.04. The van der Waals surface area contributed by atoms with Crippen LogP contribution in [0.3, 0.4) is 0 Å². The molecule has 1 unspecified atom stereocenters. The maximum atomic E-state index is 5.83. The third-order valence-electron chi connectivity index (χ3n) is 6.10. The summed E-state index contributed by atoms with van der Waals surface area (Å²) >= 11 is 0. The van der Waals surface area contributed by atoms with Crippen LogP contribution in [-0.4, -0.2) is 52.4 Å². The van der Waals surface area contributed by atoms with Crippen molar-refractivity contribution in [3.05, 3.63) is 77.9 Å². The standard InChI is InChI=1S/C27H32N2O3/c1-30-24-19-26(32-3)25(31-2)18-23(24)27(29-16-7-14-28-15-17-29)22-12-10-21(11-13-22)20-8-5-4-6-9-20/h4-6,8-13,18-19,27-28H,7,14-17H2,1-3H3. The van der Waals surface area contributed by atoms with Crippen LogP contribution in [0.25, 0.3) is 11.1 Å². The first kappa shape index (κ1) is 22.2. The summed E-state index contributed by atoms with van der Waals surface area (Å²) in [5.41, 5.74) is 4.75. The maximum absolute atomic E-state index is 5.83. The summed E-state index contributed by atoms with van der Waals surface area (Å²) in [4.78, 5) is 2.53. The van der Waals surface area contributed by atoms with E-state index in [2.05, 4.69) is 64.8 Å². The Bertz CT molecular complexity index is 997. The molecule has 0 bridgehead atoms. The van der Waals surface area contributed by atoms with Crippen LogP contribution < -0.4 is 19.5 Å². The van der Waals surface area contributed by atoms with E-state index in [1.165, 1.54) is 16.7 Å². The smallest absolute Gasteiger partial charge is 0.164 e. The molecule has 1 heterocycles. The highest BCUT2D eigenvalue weighted by Crippen LogP contribution is 2.42. The Hall–Kier alpha value is -3.02. The Balaban J connectivity index is 1.79. The van der Waals surface area contributed by atoms with Gasteiger partial charge in [0.05, 0.1) is 27.4 Å². The van der Waals surface area contributed by atoms with E-state index < -0.39 is 0 Å². The molecular formula is C27H32N2O3. The largest absolute Gasteiger partial charge is 0.496 e. The Morgan fingerprint density at radius 3 is 2.06 bits per heavy atom. The van der Waals surface area contributed by atoms with Crippen molar-refractivity contribution < 1.29 is 14.2 Å². The molecule has 1 fully saturated rings. The summed E-state index contributed by atoms with van der Waals surface area (Å²) in [5, 5.41) is 3.52. The van der Waals surface area contributed by atoms with Crippen LogP contribution in [0, 0.1) is 0 Å². The average Bonchev–Trinajstić information content (AvgIpc) is 3.14. The fraction of sp³-hybridized carbons (Fsp3) is 0.333. The minimum atomic E-state index is 0.0504. The molecule has 1 atom stereocenters. The lowest BCUT2D eigenvalue weighted by atomic mass is 9.93. The van der Waals surface area contributed by atoms with Crippen LogP contribution in [0.5, 0.6) is 17.2 Å². The van der Waals surface area contributed by atoms with Gasteiger partial charge in [0, 0.05) is 31.3 Å². The van der Waals surface area contributed by atoms with Crippen LogP contribution in [0.2, 0.25) is 0 Å². The quantitative estimate of drug-likeness (QED) is 0.583. The van der Waals surface area contributed by atoms with E-state index in [9.17, 15) is 0 Å². The molecule has 0 saturated carbocycles. The zero-order valence-electron chi connectivity index (χ0n) is 19.1. The van der Waals surface area contributed by atoms with Gasteiger partial charge in [-0.15, -0.1) is 0 Å². The molecule has 1 aliphatic rings. The normalized spacial score (nSPS) is 15.6. The van der Waals surface area contributed by atoms with Gasteiger partial charge in [0.2, 0.25) is 0 Å². The molecule has 1 aliphatic heterocycles. The van der Waals surface area contributed by atoms with Gasteiger partial charge in [-0.3, -0.25) is 4.90 Å². The van der Waals surface area contributed by atoms with Gasteiger partial charge in [0.15, 0.2) is 11.5 Å². The zero-order valence-corrected chi connectivity index (χ0v) is 19.1. The van der Waals surface area contributed by atoms with Gasteiger partial charge in [-0.05, 0) is 35.7 Å². The van der Waals surface area contributed by atoms with Gasteiger partial charge >= 0.3 is 0 Å². The van der Waals surface area contributed by atoms with Crippen LogP contribution >= 0.6 is 0 Å². The van der Waals surface area contributed by atoms with Crippen LogP contribution in [0.4, 0.5) is 0 Å². The van der Waals surface area contributed by atoms with E-state index in [0.717, 1.165) is 43.9 Å². The van der Waals surface area contributed by atoms with E-state index in [-0.39, 0.29) is 6.04 Å². The molecule has 0 aromatic heterocycles. The second-order valence-electron chi connectivity index (χ2n) is 7.98. The monoisotopic (exact) mass is 432 g/mol. The van der Waals surface area contributed by atoms with Crippen LogP contribution in [-0.2, 0) is 0 Å². The van der Waals surface area contributed by atoms with Crippen molar-refractivity contribution in [1.29, 1.82) is 0 Å². The predicted molar refractivity (Wildman–Crippen MR) is 129 cm³/mol. The molecule has 0 aliphatic carbocycles. The minimum Gasteiger partial charge on any atom is -0.496 e. The fourth-order valence-corrected chi connectivity index (χ4v) is 4.47.